The summed E-state index contributed by atoms with van der Waals surface area (Å²) in [6, 6.07) is 44.6. The predicted octanol–water partition coefficient (Wildman–Crippen LogP) is 9.03. The minimum atomic E-state index is 0.0548. The van der Waals surface area contributed by atoms with Crippen LogP contribution in [0.15, 0.2) is 132 Å². The van der Waals surface area contributed by atoms with Gasteiger partial charge in [0.15, 0.2) is 11.9 Å². The van der Waals surface area contributed by atoms with Gasteiger partial charge in [0.05, 0.1) is 28.7 Å². The molecule has 0 radical (unpaired) electrons. The highest BCUT2D eigenvalue weighted by Crippen LogP contribution is 2.31. The molecule has 4 N–H and O–H groups in total. The maximum atomic E-state index is 10.1. The Labute approximate surface area is 363 Å². The highest BCUT2D eigenvalue weighted by atomic mass is 35.5. The van der Waals surface area contributed by atoms with Crippen LogP contribution in [0.25, 0.3) is 21.5 Å². The molecule has 10 heteroatoms. The number of phenolic OH excluding ortho intramolecular Hbond substituents is 1. The molecule has 0 saturated carbocycles. The summed E-state index contributed by atoms with van der Waals surface area (Å²) >= 11 is 12.7. The van der Waals surface area contributed by atoms with Crippen molar-refractivity contribution in [1.29, 1.82) is 5.41 Å². The SMILES string of the molecule is N=C1N(CCc2ccc(Cl)c(Cl)c2)[C@H](Cc2ccc(O)cc2)CN1[C@@H](Cc1cccc2ccccc12)CN1CCC[C@H]1CN1C(N)=NC[C@H]1Cc1ccc2ccccc2c1. The number of guanidine groups is 2. The van der Waals surface area contributed by atoms with Crippen molar-refractivity contribution in [1.82, 2.24) is 19.6 Å². The lowest BCUT2D eigenvalue weighted by atomic mass is 9.97. The number of aromatic hydroxyl groups is 1. The number of benzene rings is 6. The van der Waals surface area contributed by atoms with Crippen molar-refractivity contribution in [3.05, 3.63) is 160 Å². The maximum absolute atomic E-state index is 10.1. The van der Waals surface area contributed by atoms with Crippen molar-refractivity contribution in [2.24, 2.45) is 10.7 Å². The van der Waals surface area contributed by atoms with Gasteiger partial charge in [-0.1, -0.05) is 126 Å². The molecule has 0 bridgehead atoms. The fraction of sp³-hybridized carbons (Fsp3) is 0.320. The molecule has 3 heterocycles. The number of nitrogens with one attached hydrogen (secondary N) is 1. The molecular weight excluding hydrogens is 786 g/mol. The Kier molecular flexibility index (Phi) is 11.9. The Morgan fingerprint density at radius 3 is 2.30 bits per heavy atom. The van der Waals surface area contributed by atoms with E-state index >= 15 is 0 Å². The largest absolute Gasteiger partial charge is 0.508 e. The number of phenols is 1. The molecule has 6 aromatic rings. The van der Waals surface area contributed by atoms with Crippen LogP contribution >= 0.6 is 23.2 Å². The highest BCUT2D eigenvalue weighted by molar-refractivity contribution is 6.42. The van der Waals surface area contributed by atoms with Crippen LogP contribution in [0.2, 0.25) is 10.0 Å². The number of nitrogens with two attached hydrogens (primary N) is 1. The van der Waals surface area contributed by atoms with Crippen LogP contribution in [0.3, 0.4) is 0 Å². The third kappa shape index (κ3) is 8.78. The smallest absolute Gasteiger partial charge is 0.194 e. The predicted molar refractivity (Wildman–Crippen MR) is 248 cm³/mol. The van der Waals surface area contributed by atoms with Crippen molar-refractivity contribution in [3.63, 3.8) is 0 Å². The van der Waals surface area contributed by atoms with E-state index < -0.39 is 0 Å². The van der Waals surface area contributed by atoms with Crippen molar-refractivity contribution in [3.8, 4) is 5.75 Å². The Balaban J connectivity index is 0.985. The fourth-order valence-corrected chi connectivity index (χ4v) is 10.2. The molecule has 2 fully saturated rings. The zero-order chi connectivity index (χ0) is 41.2. The number of fused-ring (bicyclic) bond motifs is 2. The van der Waals surface area contributed by atoms with Gasteiger partial charge in [-0.2, -0.15) is 0 Å². The molecule has 0 amide bonds. The van der Waals surface area contributed by atoms with Gasteiger partial charge >= 0.3 is 0 Å². The van der Waals surface area contributed by atoms with E-state index in [0.29, 0.717) is 41.1 Å². The Hall–Kier alpha value is -5.28. The molecule has 9 rings (SSSR count). The Morgan fingerprint density at radius 2 is 1.47 bits per heavy atom. The summed E-state index contributed by atoms with van der Waals surface area (Å²) in [5.74, 6) is 1.47. The van der Waals surface area contributed by atoms with Crippen LogP contribution in [-0.2, 0) is 25.7 Å². The van der Waals surface area contributed by atoms with Gasteiger partial charge in [0, 0.05) is 38.3 Å². The van der Waals surface area contributed by atoms with Crippen LogP contribution in [0.5, 0.6) is 5.75 Å². The van der Waals surface area contributed by atoms with Gasteiger partial charge in [0.25, 0.3) is 0 Å². The number of likely N-dealkylation sites (tertiary alicyclic amines) is 1. The molecular formula is C50H53Cl2N7O. The van der Waals surface area contributed by atoms with Crippen LogP contribution in [-0.4, -0.2) is 100 Å². The van der Waals surface area contributed by atoms with Crippen molar-refractivity contribution in [2.75, 3.05) is 39.3 Å². The molecule has 3 aliphatic heterocycles. The molecule has 0 spiro atoms. The second kappa shape index (κ2) is 17.7. The number of nitrogens with zero attached hydrogens (tertiary/aromatic N) is 5. The van der Waals surface area contributed by atoms with E-state index in [1.165, 1.54) is 32.7 Å². The molecule has 0 aliphatic carbocycles. The quantitative estimate of drug-likeness (QED) is 0.101. The molecule has 6 aromatic carbocycles. The van der Waals surface area contributed by atoms with Gasteiger partial charge in [-0.25, -0.2) is 0 Å². The highest BCUT2D eigenvalue weighted by Gasteiger charge is 2.40. The molecule has 2 saturated heterocycles. The van der Waals surface area contributed by atoms with E-state index in [4.69, 9.17) is 33.9 Å². The van der Waals surface area contributed by atoms with Gasteiger partial charge in [-0.05, 0) is 113 Å². The van der Waals surface area contributed by atoms with Crippen LogP contribution in [0, 0.1) is 5.41 Å². The zero-order valence-corrected chi connectivity index (χ0v) is 35.4. The Morgan fingerprint density at radius 1 is 0.733 bits per heavy atom. The van der Waals surface area contributed by atoms with E-state index in [-0.39, 0.29) is 23.9 Å². The first kappa shape index (κ1) is 40.1. The third-order valence-electron chi connectivity index (χ3n) is 13.0. The summed E-state index contributed by atoms with van der Waals surface area (Å²) in [6.45, 7) is 4.80. The first-order valence-corrected chi connectivity index (χ1v) is 22.1. The second-order valence-electron chi connectivity index (χ2n) is 16.9. The molecule has 0 unspecified atom stereocenters. The van der Waals surface area contributed by atoms with Gasteiger partial charge < -0.3 is 25.5 Å². The molecule has 60 heavy (non-hydrogen) atoms. The minimum Gasteiger partial charge on any atom is -0.508 e. The second-order valence-corrected chi connectivity index (χ2v) is 17.7. The van der Waals surface area contributed by atoms with Gasteiger partial charge in [-0.15, -0.1) is 0 Å². The fourth-order valence-electron chi connectivity index (χ4n) is 9.85. The number of aliphatic imine (C=N–C) groups is 1. The average molecular weight is 839 g/mol. The van der Waals surface area contributed by atoms with E-state index in [1.54, 1.807) is 12.1 Å². The standard InChI is InChI=1S/C50H53Cl2N7O/c51-47-21-17-35(28-48(47)52)22-24-57-43(26-34-15-19-45(60)20-16-34)33-59(50(57)54)44(29-40-11-5-10-38-8-3-4-13-46(38)40)31-56-23-6-12-41(56)32-58-42(30-55-49(58)53)27-36-14-18-37-7-1-2-9-39(37)25-36/h1-5,7-11,13-21,25,28,41-44,54,60H,6,12,22-24,26-27,29-33H2,(H2,53,55)/t41-,42+,43+,44-/m0/s1. The maximum Gasteiger partial charge on any atom is 0.194 e. The lowest BCUT2D eigenvalue weighted by Crippen LogP contribution is -2.52. The number of rotatable bonds is 14. The Bertz CT molecular complexity index is 2500. The van der Waals surface area contributed by atoms with E-state index in [1.807, 2.05) is 30.3 Å². The molecule has 3 aliphatic rings. The molecule has 4 atom stereocenters. The monoisotopic (exact) mass is 837 g/mol. The zero-order valence-electron chi connectivity index (χ0n) is 33.9. The summed E-state index contributed by atoms with van der Waals surface area (Å²) < 4.78 is 0. The van der Waals surface area contributed by atoms with Crippen LogP contribution < -0.4 is 5.73 Å². The summed E-state index contributed by atoms with van der Waals surface area (Å²) in [4.78, 5) is 14.5. The topological polar surface area (TPSA) is 95.4 Å². The van der Waals surface area contributed by atoms with Gasteiger partial charge in [0.2, 0.25) is 0 Å². The molecule has 8 nitrogen and oxygen atoms in total. The van der Waals surface area contributed by atoms with E-state index in [2.05, 4.69) is 105 Å². The lowest BCUT2D eigenvalue weighted by molar-refractivity contribution is 0.157. The number of hydrogen-bond donors (Lipinski definition) is 3. The first-order valence-electron chi connectivity index (χ1n) is 21.3. The van der Waals surface area contributed by atoms with E-state index in [0.717, 1.165) is 75.8 Å². The molecule has 0 aromatic heterocycles. The van der Waals surface area contributed by atoms with Gasteiger partial charge in [0.1, 0.15) is 5.75 Å². The average Bonchev–Trinajstić information content (AvgIpc) is 3.94. The van der Waals surface area contributed by atoms with Crippen LogP contribution in [0.1, 0.15) is 35.1 Å². The van der Waals surface area contributed by atoms with Crippen molar-refractivity contribution in [2.45, 2.75) is 62.7 Å². The van der Waals surface area contributed by atoms with E-state index in [9.17, 15) is 10.5 Å². The van der Waals surface area contributed by atoms with Crippen molar-refractivity contribution >= 4 is 56.7 Å². The summed E-state index contributed by atoms with van der Waals surface area (Å²) in [5.41, 5.74) is 11.5. The normalized spacial score (nSPS) is 20.2. The van der Waals surface area contributed by atoms with Crippen LogP contribution in [0.4, 0.5) is 0 Å². The third-order valence-corrected chi connectivity index (χ3v) is 13.8. The van der Waals surface area contributed by atoms with Crippen molar-refractivity contribution < 1.29 is 5.11 Å². The summed E-state index contributed by atoms with van der Waals surface area (Å²) in [7, 11) is 0. The van der Waals surface area contributed by atoms with Gasteiger partial charge in [-0.3, -0.25) is 15.3 Å². The first-order chi connectivity index (χ1) is 29.3. The minimum absolute atomic E-state index is 0.0548. The molecule has 308 valence electrons. The number of hydrogen-bond acceptors (Lipinski definition) is 6. The lowest BCUT2D eigenvalue weighted by Gasteiger charge is -2.37. The number of halogens is 2. The summed E-state index contributed by atoms with van der Waals surface area (Å²) in [5, 5.41) is 26.1. The summed E-state index contributed by atoms with van der Waals surface area (Å²) in [6.07, 6.45) is 5.45.